The molecule has 3 rings (SSSR count). The van der Waals surface area contributed by atoms with Crippen molar-refractivity contribution in [3.05, 3.63) is 39.6 Å². The molecule has 0 atom stereocenters. The number of rotatable bonds is 0. The third-order valence-electron chi connectivity index (χ3n) is 2.20. The van der Waals surface area contributed by atoms with E-state index in [1.54, 1.807) is 22.8 Å². The van der Waals surface area contributed by atoms with Crippen molar-refractivity contribution < 1.29 is 0 Å². The Kier molecular flexibility index (Phi) is 1.33. The van der Waals surface area contributed by atoms with Crippen LogP contribution >= 0.6 is 11.6 Å². The number of hydrogen-bond acceptors (Lipinski definition) is 3. The van der Waals surface area contributed by atoms with Gasteiger partial charge in [0.15, 0.2) is 5.43 Å². The van der Waals surface area contributed by atoms with Gasteiger partial charge < -0.3 is 0 Å². The normalized spacial score (nSPS) is 11.5. The summed E-state index contributed by atoms with van der Waals surface area (Å²) in [4.78, 5) is 11.6. The highest BCUT2D eigenvalue weighted by Gasteiger charge is 2.10. The monoisotopic (exact) mass is 205 g/mol. The molecule has 5 heteroatoms. The van der Waals surface area contributed by atoms with Crippen LogP contribution in [-0.4, -0.2) is 14.8 Å². The Labute approximate surface area is 83.1 Å². The molecular weight excluding hydrogens is 202 g/mol. The lowest BCUT2D eigenvalue weighted by molar-refractivity contribution is 0.862. The molecular formula is C9H4ClN3O. The van der Waals surface area contributed by atoms with E-state index in [9.17, 15) is 4.79 Å². The van der Waals surface area contributed by atoms with Crippen LogP contribution in [0, 0.1) is 0 Å². The fourth-order valence-corrected chi connectivity index (χ4v) is 1.82. The van der Waals surface area contributed by atoms with E-state index >= 15 is 0 Å². The van der Waals surface area contributed by atoms with E-state index in [4.69, 9.17) is 11.6 Å². The summed E-state index contributed by atoms with van der Waals surface area (Å²) in [5.74, 6) is 0. The number of halogens is 1. The molecule has 2 heterocycles. The molecule has 4 nitrogen and oxygen atoms in total. The largest absolute Gasteiger partial charge is 0.289 e. The molecule has 0 N–H and O–H groups in total. The minimum atomic E-state index is -0.101. The first-order chi connectivity index (χ1) is 6.77. The van der Waals surface area contributed by atoms with Crippen LogP contribution in [0.5, 0.6) is 0 Å². The molecule has 0 spiro atoms. The van der Waals surface area contributed by atoms with Gasteiger partial charge in [0.25, 0.3) is 0 Å². The van der Waals surface area contributed by atoms with Crippen LogP contribution in [0.2, 0.25) is 5.02 Å². The summed E-state index contributed by atoms with van der Waals surface area (Å²) in [5.41, 5.74) is 1.27. The molecule has 0 amide bonds. The lowest BCUT2D eigenvalue weighted by Crippen LogP contribution is -2.02. The zero-order valence-electron chi connectivity index (χ0n) is 6.94. The number of benzene rings is 1. The molecule has 0 saturated carbocycles. The van der Waals surface area contributed by atoms with Crippen molar-refractivity contribution >= 4 is 28.0 Å². The summed E-state index contributed by atoms with van der Waals surface area (Å²) >= 11 is 5.94. The minimum absolute atomic E-state index is 0.101. The number of aromatic nitrogens is 3. The highest BCUT2D eigenvalue weighted by molar-refractivity contribution is 6.35. The second kappa shape index (κ2) is 2.42. The molecule has 1 aromatic carbocycles. The van der Waals surface area contributed by atoms with Gasteiger partial charge in [0.1, 0.15) is 11.0 Å². The summed E-state index contributed by atoms with van der Waals surface area (Å²) in [6.45, 7) is 0. The average Bonchev–Trinajstić information content (AvgIpc) is 2.58. The molecule has 0 fully saturated rings. The van der Waals surface area contributed by atoms with Crippen LogP contribution in [0.1, 0.15) is 0 Å². The summed E-state index contributed by atoms with van der Waals surface area (Å²) in [6.07, 6.45) is 1.58. The van der Waals surface area contributed by atoms with Gasteiger partial charge in [-0.15, -0.1) is 5.10 Å². The summed E-state index contributed by atoms with van der Waals surface area (Å²) in [5, 5.41) is 8.71. The van der Waals surface area contributed by atoms with Gasteiger partial charge in [0.05, 0.1) is 10.4 Å². The fourth-order valence-electron chi connectivity index (χ4n) is 1.57. The lowest BCUT2D eigenvalue weighted by atomic mass is 10.2. The Morgan fingerprint density at radius 2 is 2.14 bits per heavy atom. The van der Waals surface area contributed by atoms with Crippen LogP contribution in [0.4, 0.5) is 0 Å². The van der Waals surface area contributed by atoms with Crippen molar-refractivity contribution in [3.63, 3.8) is 0 Å². The number of nitrogens with zero attached hydrogens (tertiary/aromatic N) is 3. The highest BCUT2D eigenvalue weighted by Crippen LogP contribution is 2.22. The van der Waals surface area contributed by atoms with Gasteiger partial charge in [-0.3, -0.25) is 4.79 Å². The molecule has 0 saturated heterocycles. The van der Waals surface area contributed by atoms with Crippen LogP contribution in [0.25, 0.3) is 16.4 Å². The Morgan fingerprint density at radius 3 is 3.00 bits per heavy atom. The first-order valence-corrected chi connectivity index (χ1v) is 4.41. The van der Waals surface area contributed by atoms with Gasteiger partial charge in [-0.2, -0.15) is 0 Å². The molecule has 0 radical (unpaired) electrons. The van der Waals surface area contributed by atoms with Crippen molar-refractivity contribution in [2.75, 3.05) is 0 Å². The second-order valence-corrected chi connectivity index (χ2v) is 3.41. The molecule has 14 heavy (non-hydrogen) atoms. The minimum Gasteiger partial charge on any atom is -0.289 e. The SMILES string of the molecule is O=c1ccn2nnc3ccc(Cl)c1c32. The Balaban J connectivity index is 2.81. The molecule has 0 bridgehead atoms. The van der Waals surface area contributed by atoms with Crippen molar-refractivity contribution in [1.82, 2.24) is 14.8 Å². The van der Waals surface area contributed by atoms with E-state index in [0.717, 1.165) is 0 Å². The molecule has 68 valence electrons. The summed E-state index contributed by atoms with van der Waals surface area (Å²) in [7, 11) is 0. The van der Waals surface area contributed by atoms with E-state index in [1.807, 2.05) is 0 Å². The van der Waals surface area contributed by atoms with Crippen molar-refractivity contribution in [2.45, 2.75) is 0 Å². The van der Waals surface area contributed by atoms with Crippen molar-refractivity contribution in [3.8, 4) is 0 Å². The molecule has 0 unspecified atom stereocenters. The maximum Gasteiger partial charge on any atom is 0.191 e. The third-order valence-corrected chi connectivity index (χ3v) is 2.51. The van der Waals surface area contributed by atoms with Crippen LogP contribution in [-0.2, 0) is 0 Å². The van der Waals surface area contributed by atoms with Gasteiger partial charge in [-0.05, 0) is 12.1 Å². The lowest BCUT2D eigenvalue weighted by Gasteiger charge is -1.97. The zero-order chi connectivity index (χ0) is 9.71. The first kappa shape index (κ1) is 7.70. The summed E-state index contributed by atoms with van der Waals surface area (Å²) < 4.78 is 1.55. The topological polar surface area (TPSA) is 47.3 Å². The molecule has 0 aliphatic heterocycles. The molecule has 0 aliphatic rings. The van der Waals surface area contributed by atoms with Crippen molar-refractivity contribution in [2.24, 2.45) is 0 Å². The van der Waals surface area contributed by atoms with E-state index in [0.29, 0.717) is 21.4 Å². The Hall–Kier alpha value is -1.68. The van der Waals surface area contributed by atoms with E-state index in [-0.39, 0.29) is 5.43 Å². The van der Waals surface area contributed by atoms with Gasteiger partial charge in [0.2, 0.25) is 0 Å². The quantitative estimate of drug-likeness (QED) is 0.556. The molecule has 2 aromatic heterocycles. The fraction of sp³-hybridized carbons (Fsp3) is 0. The first-order valence-electron chi connectivity index (χ1n) is 4.03. The van der Waals surface area contributed by atoms with Crippen LogP contribution in [0.3, 0.4) is 0 Å². The smallest absolute Gasteiger partial charge is 0.191 e. The number of hydrogen-bond donors (Lipinski definition) is 0. The molecule has 0 aliphatic carbocycles. The van der Waals surface area contributed by atoms with Gasteiger partial charge in [0, 0.05) is 12.3 Å². The van der Waals surface area contributed by atoms with E-state index < -0.39 is 0 Å². The predicted molar refractivity (Wildman–Crippen MR) is 53.0 cm³/mol. The standard InChI is InChI=1S/C9H4ClN3O/c10-5-1-2-6-9-8(5)7(14)3-4-13(9)12-11-6/h1-4H. The maximum atomic E-state index is 11.6. The number of pyridine rings is 1. The highest BCUT2D eigenvalue weighted by atomic mass is 35.5. The van der Waals surface area contributed by atoms with Crippen LogP contribution < -0.4 is 5.43 Å². The third kappa shape index (κ3) is 0.807. The predicted octanol–water partition coefficient (Wildman–Crippen LogP) is 1.33. The van der Waals surface area contributed by atoms with E-state index in [2.05, 4.69) is 10.3 Å². The van der Waals surface area contributed by atoms with Crippen molar-refractivity contribution in [1.29, 1.82) is 0 Å². The van der Waals surface area contributed by atoms with E-state index in [1.165, 1.54) is 6.07 Å². The van der Waals surface area contributed by atoms with Gasteiger partial charge >= 0.3 is 0 Å². The van der Waals surface area contributed by atoms with Gasteiger partial charge in [-0.25, -0.2) is 4.52 Å². The Bertz CT molecular complexity index is 661. The summed E-state index contributed by atoms with van der Waals surface area (Å²) in [6, 6.07) is 4.84. The van der Waals surface area contributed by atoms with Gasteiger partial charge in [-0.1, -0.05) is 16.8 Å². The maximum absolute atomic E-state index is 11.6. The second-order valence-electron chi connectivity index (χ2n) is 3.00. The Morgan fingerprint density at radius 1 is 1.29 bits per heavy atom. The van der Waals surface area contributed by atoms with Crippen LogP contribution in [0.15, 0.2) is 29.2 Å². The average molecular weight is 206 g/mol. The zero-order valence-corrected chi connectivity index (χ0v) is 7.69. The molecule has 3 aromatic rings.